The average molecular weight is 226 g/mol. The van der Waals surface area contributed by atoms with Crippen LogP contribution in [0.25, 0.3) is 0 Å². The molecule has 4 heteroatoms. The van der Waals surface area contributed by atoms with Crippen LogP contribution in [0.2, 0.25) is 0 Å². The fraction of sp³-hybridized carbons (Fsp3) is 0.231. The number of nitrogens with two attached hydrogens (primary N) is 1. The maximum atomic E-state index is 5.62. The van der Waals surface area contributed by atoms with E-state index in [1.165, 1.54) is 16.8 Å². The molecule has 0 saturated carbocycles. The molecule has 0 bridgehead atoms. The lowest BCUT2D eigenvalue weighted by Gasteiger charge is -2.18. The molecule has 0 spiro atoms. The Morgan fingerprint density at radius 3 is 3.00 bits per heavy atom. The lowest BCUT2D eigenvalue weighted by Crippen LogP contribution is -2.15. The van der Waals surface area contributed by atoms with E-state index in [-0.39, 0.29) is 0 Å². The SMILES string of the molecule is Cc1ccc2c(c1)CCN2c1ccnc(N)n1. The van der Waals surface area contributed by atoms with Crippen LogP contribution in [0.1, 0.15) is 11.1 Å². The Hall–Kier alpha value is -2.10. The van der Waals surface area contributed by atoms with Crippen molar-refractivity contribution in [2.75, 3.05) is 17.2 Å². The number of rotatable bonds is 1. The normalized spacial score (nSPS) is 13.8. The number of benzene rings is 1. The van der Waals surface area contributed by atoms with Crippen molar-refractivity contribution in [3.8, 4) is 0 Å². The largest absolute Gasteiger partial charge is 0.368 e. The van der Waals surface area contributed by atoms with E-state index < -0.39 is 0 Å². The highest BCUT2D eigenvalue weighted by Gasteiger charge is 2.21. The summed E-state index contributed by atoms with van der Waals surface area (Å²) in [5, 5.41) is 0. The van der Waals surface area contributed by atoms with Crippen LogP contribution in [0, 0.1) is 6.92 Å². The summed E-state index contributed by atoms with van der Waals surface area (Å²) in [6.07, 6.45) is 2.75. The van der Waals surface area contributed by atoms with Crippen LogP contribution in [-0.2, 0) is 6.42 Å². The van der Waals surface area contributed by atoms with Gasteiger partial charge in [0.2, 0.25) is 5.95 Å². The molecule has 0 aliphatic carbocycles. The van der Waals surface area contributed by atoms with E-state index in [4.69, 9.17) is 5.73 Å². The Bertz CT molecular complexity index is 565. The van der Waals surface area contributed by atoms with Crippen molar-refractivity contribution >= 4 is 17.5 Å². The van der Waals surface area contributed by atoms with Gasteiger partial charge in [-0.15, -0.1) is 0 Å². The number of hydrogen-bond acceptors (Lipinski definition) is 4. The van der Waals surface area contributed by atoms with Crippen LogP contribution in [0.5, 0.6) is 0 Å². The summed E-state index contributed by atoms with van der Waals surface area (Å²) in [5.74, 6) is 1.20. The van der Waals surface area contributed by atoms with E-state index in [0.717, 1.165) is 18.8 Å². The minimum atomic E-state index is 0.322. The molecule has 0 amide bonds. The molecule has 0 saturated heterocycles. The van der Waals surface area contributed by atoms with Gasteiger partial charge in [-0.1, -0.05) is 17.7 Å². The van der Waals surface area contributed by atoms with E-state index in [1.807, 2.05) is 6.07 Å². The number of fused-ring (bicyclic) bond motifs is 1. The first-order chi connectivity index (χ1) is 8.24. The first-order valence-electron chi connectivity index (χ1n) is 5.69. The van der Waals surface area contributed by atoms with Gasteiger partial charge in [0, 0.05) is 18.4 Å². The molecule has 3 rings (SSSR count). The third-order valence-electron chi connectivity index (χ3n) is 3.07. The number of nitrogens with zero attached hydrogens (tertiary/aromatic N) is 3. The summed E-state index contributed by atoms with van der Waals surface area (Å²) >= 11 is 0. The van der Waals surface area contributed by atoms with Gasteiger partial charge in [0.05, 0.1) is 0 Å². The highest BCUT2D eigenvalue weighted by molar-refractivity contribution is 5.68. The Labute approximate surface area is 100 Å². The van der Waals surface area contributed by atoms with Crippen molar-refractivity contribution in [3.05, 3.63) is 41.6 Å². The van der Waals surface area contributed by atoms with Gasteiger partial charge in [0.1, 0.15) is 5.82 Å². The standard InChI is InChI=1S/C13H14N4/c1-9-2-3-11-10(8-9)5-7-17(11)12-4-6-15-13(14)16-12/h2-4,6,8H,5,7H2,1H3,(H2,14,15,16). The summed E-state index contributed by atoms with van der Waals surface area (Å²) in [5.41, 5.74) is 9.53. The molecule has 0 radical (unpaired) electrons. The second-order valence-corrected chi connectivity index (χ2v) is 4.31. The molecule has 17 heavy (non-hydrogen) atoms. The Morgan fingerprint density at radius 1 is 1.29 bits per heavy atom. The minimum Gasteiger partial charge on any atom is -0.368 e. The van der Waals surface area contributed by atoms with Gasteiger partial charge in [-0.25, -0.2) is 4.98 Å². The maximum Gasteiger partial charge on any atom is 0.221 e. The maximum absolute atomic E-state index is 5.62. The highest BCUT2D eigenvalue weighted by atomic mass is 15.2. The molecule has 2 N–H and O–H groups in total. The molecule has 1 aromatic carbocycles. The quantitative estimate of drug-likeness (QED) is 0.808. The van der Waals surface area contributed by atoms with Crippen molar-refractivity contribution in [1.82, 2.24) is 9.97 Å². The molecule has 0 atom stereocenters. The molecule has 1 aliphatic heterocycles. The van der Waals surface area contributed by atoms with E-state index in [2.05, 4.69) is 40.0 Å². The van der Waals surface area contributed by atoms with Crippen LogP contribution >= 0.6 is 0 Å². The summed E-state index contributed by atoms with van der Waals surface area (Å²) in [6.45, 7) is 3.07. The van der Waals surface area contributed by atoms with Crippen molar-refractivity contribution in [2.24, 2.45) is 0 Å². The number of aromatic nitrogens is 2. The number of anilines is 3. The zero-order valence-corrected chi connectivity index (χ0v) is 9.72. The van der Waals surface area contributed by atoms with Crippen LogP contribution in [0.4, 0.5) is 17.5 Å². The summed E-state index contributed by atoms with van der Waals surface area (Å²) < 4.78 is 0. The predicted molar refractivity (Wildman–Crippen MR) is 68.3 cm³/mol. The first-order valence-corrected chi connectivity index (χ1v) is 5.69. The van der Waals surface area contributed by atoms with Crippen LogP contribution in [-0.4, -0.2) is 16.5 Å². The zero-order valence-electron chi connectivity index (χ0n) is 9.72. The minimum absolute atomic E-state index is 0.322. The monoisotopic (exact) mass is 226 g/mol. The third kappa shape index (κ3) is 1.71. The lowest BCUT2D eigenvalue weighted by molar-refractivity contribution is 0.967. The molecule has 4 nitrogen and oxygen atoms in total. The van der Waals surface area contributed by atoms with E-state index in [1.54, 1.807) is 6.20 Å². The number of hydrogen-bond donors (Lipinski definition) is 1. The summed E-state index contributed by atoms with van der Waals surface area (Å²) in [7, 11) is 0. The number of nitrogen functional groups attached to an aromatic ring is 1. The number of aryl methyl sites for hydroxylation is 1. The van der Waals surface area contributed by atoms with Crippen LogP contribution in [0.3, 0.4) is 0 Å². The molecule has 1 aliphatic rings. The van der Waals surface area contributed by atoms with E-state index in [0.29, 0.717) is 5.95 Å². The fourth-order valence-electron chi connectivity index (χ4n) is 2.28. The summed E-state index contributed by atoms with van der Waals surface area (Å²) in [6, 6.07) is 8.41. The second kappa shape index (κ2) is 3.73. The third-order valence-corrected chi connectivity index (χ3v) is 3.07. The van der Waals surface area contributed by atoms with E-state index >= 15 is 0 Å². The Morgan fingerprint density at radius 2 is 2.18 bits per heavy atom. The summed E-state index contributed by atoms with van der Waals surface area (Å²) in [4.78, 5) is 10.4. The Kier molecular flexibility index (Phi) is 2.21. The van der Waals surface area contributed by atoms with Crippen molar-refractivity contribution in [2.45, 2.75) is 13.3 Å². The van der Waals surface area contributed by atoms with Gasteiger partial charge in [0.25, 0.3) is 0 Å². The van der Waals surface area contributed by atoms with Crippen LogP contribution < -0.4 is 10.6 Å². The molecule has 2 aromatic rings. The highest BCUT2D eigenvalue weighted by Crippen LogP contribution is 2.33. The molecular weight excluding hydrogens is 212 g/mol. The second-order valence-electron chi connectivity index (χ2n) is 4.31. The van der Waals surface area contributed by atoms with Crippen molar-refractivity contribution in [1.29, 1.82) is 0 Å². The smallest absolute Gasteiger partial charge is 0.221 e. The van der Waals surface area contributed by atoms with Gasteiger partial charge in [-0.2, -0.15) is 4.98 Å². The average Bonchev–Trinajstić information content (AvgIpc) is 2.71. The molecule has 1 aromatic heterocycles. The topological polar surface area (TPSA) is 55.0 Å². The lowest BCUT2D eigenvalue weighted by atomic mass is 10.1. The zero-order chi connectivity index (χ0) is 11.8. The predicted octanol–water partition coefficient (Wildman–Crippen LogP) is 2.06. The van der Waals surface area contributed by atoms with Gasteiger partial charge >= 0.3 is 0 Å². The van der Waals surface area contributed by atoms with Gasteiger partial charge < -0.3 is 10.6 Å². The molecule has 2 heterocycles. The first kappa shape index (κ1) is 10.1. The van der Waals surface area contributed by atoms with Crippen LogP contribution in [0.15, 0.2) is 30.5 Å². The fourth-order valence-corrected chi connectivity index (χ4v) is 2.28. The molecule has 0 unspecified atom stereocenters. The van der Waals surface area contributed by atoms with Crippen molar-refractivity contribution < 1.29 is 0 Å². The Balaban J connectivity index is 2.04. The van der Waals surface area contributed by atoms with Gasteiger partial charge in [0.15, 0.2) is 0 Å². The van der Waals surface area contributed by atoms with Gasteiger partial charge in [-0.05, 0) is 31.0 Å². The van der Waals surface area contributed by atoms with Crippen molar-refractivity contribution in [3.63, 3.8) is 0 Å². The molecule has 0 fully saturated rings. The molecule has 86 valence electrons. The van der Waals surface area contributed by atoms with E-state index in [9.17, 15) is 0 Å². The van der Waals surface area contributed by atoms with Gasteiger partial charge in [-0.3, -0.25) is 0 Å². The molecular formula is C13H14N4.